The molecule has 0 saturated heterocycles. The standard InChI is InChI=1S/C23H22ClN5O3/c1-14(2)28-13-25-23-26-18(11-21(30)29(23)28)12-32-20-9-4-15(3)10-19(20)27-22(31)16-5-7-17(24)8-6-16/h4-11,13-14H,12H2,1-3H3,(H,27,31). The van der Waals surface area contributed by atoms with Crippen LogP contribution in [0, 0.1) is 6.92 Å². The molecule has 32 heavy (non-hydrogen) atoms. The summed E-state index contributed by atoms with van der Waals surface area (Å²) in [6.45, 7) is 5.89. The van der Waals surface area contributed by atoms with E-state index in [2.05, 4.69) is 15.3 Å². The van der Waals surface area contributed by atoms with Gasteiger partial charge < -0.3 is 10.1 Å². The molecule has 2 aromatic carbocycles. The molecule has 0 radical (unpaired) electrons. The molecule has 0 aliphatic carbocycles. The van der Waals surface area contributed by atoms with Crippen molar-refractivity contribution in [1.82, 2.24) is 19.2 Å². The van der Waals surface area contributed by atoms with Gasteiger partial charge in [-0.2, -0.15) is 9.50 Å². The van der Waals surface area contributed by atoms with Crippen LogP contribution in [0.4, 0.5) is 5.69 Å². The number of carbonyl (C=O) groups excluding carboxylic acids is 1. The Balaban J connectivity index is 1.55. The van der Waals surface area contributed by atoms with Crippen molar-refractivity contribution in [1.29, 1.82) is 0 Å². The molecule has 4 rings (SSSR count). The number of ether oxygens (including phenoxy) is 1. The van der Waals surface area contributed by atoms with Gasteiger partial charge in [-0.3, -0.25) is 14.3 Å². The van der Waals surface area contributed by atoms with E-state index < -0.39 is 0 Å². The molecule has 0 spiro atoms. The van der Waals surface area contributed by atoms with Gasteiger partial charge in [0.2, 0.25) is 0 Å². The Bertz CT molecular complexity index is 1340. The molecule has 2 aromatic heterocycles. The molecule has 0 saturated carbocycles. The third kappa shape index (κ3) is 4.50. The molecule has 0 aliphatic rings. The van der Waals surface area contributed by atoms with Gasteiger partial charge in [-0.25, -0.2) is 4.98 Å². The smallest absolute Gasteiger partial charge is 0.274 e. The number of benzene rings is 2. The van der Waals surface area contributed by atoms with Gasteiger partial charge in [0.1, 0.15) is 18.7 Å². The Hall–Kier alpha value is -3.65. The summed E-state index contributed by atoms with van der Waals surface area (Å²) in [6.07, 6.45) is 1.59. The van der Waals surface area contributed by atoms with Crippen molar-refractivity contribution in [2.45, 2.75) is 33.4 Å². The Morgan fingerprint density at radius 2 is 1.91 bits per heavy atom. The normalized spacial score (nSPS) is 11.2. The van der Waals surface area contributed by atoms with E-state index in [1.165, 1.54) is 10.6 Å². The average molecular weight is 452 g/mol. The number of halogens is 1. The Kier molecular flexibility index (Phi) is 5.96. The van der Waals surface area contributed by atoms with E-state index in [4.69, 9.17) is 16.3 Å². The number of anilines is 1. The fraction of sp³-hybridized carbons (Fsp3) is 0.217. The molecule has 0 aliphatic heterocycles. The lowest BCUT2D eigenvalue weighted by Gasteiger charge is -2.14. The topological polar surface area (TPSA) is 90.5 Å². The molecule has 0 bridgehead atoms. The second kappa shape index (κ2) is 8.84. The van der Waals surface area contributed by atoms with Crippen LogP contribution in [0.25, 0.3) is 5.78 Å². The van der Waals surface area contributed by atoms with Crippen LogP contribution in [0.3, 0.4) is 0 Å². The Labute approximate surface area is 189 Å². The summed E-state index contributed by atoms with van der Waals surface area (Å²) in [6, 6.07) is 13.6. The van der Waals surface area contributed by atoms with Crippen molar-refractivity contribution in [2.24, 2.45) is 0 Å². The first kappa shape index (κ1) is 21.6. The molecule has 0 atom stereocenters. The zero-order valence-electron chi connectivity index (χ0n) is 17.9. The Morgan fingerprint density at radius 1 is 1.16 bits per heavy atom. The second-order valence-electron chi connectivity index (χ2n) is 7.67. The van der Waals surface area contributed by atoms with E-state index in [0.717, 1.165) is 5.56 Å². The minimum Gasteiger partial charge on any atom is -0.485 e. The molecule has 0 fully saturated rings. The molecule has 2 heterocycles. The van der Waals surface area contributed by atoms with E-state index in [1.807, 2.05) is 32.9 Å². The summed E-state index contributed by atoms with van der Waals surface area (Å²) in [7, 11) is 0. The van der Waals surface area contributed by atoms with Crippen LogP contribution < -0.4 is 15.6 Å². The van der Waals surface area contributed by atoms with Crippen molar-refractivity contribution in [2.75, 3.05) is 5.32 Å². The van der Waals surface area contributed by atoms with Gasteiger partial charge in [-0.15, -0.1) is 0 Å². The number of hydrogen-bond donors (Lipinski definition) is 1. The van der Waals surface area contributed by atoms with E-state index in [9.17, 15) is 9.59 Å². The van der Waals surface area contributed by atoms with Gasteiger partial charge in [-0.05, 0) is 62.7 Å². The van der Waals surface area contributed by atoms with E-state index >= 15 is 0 Å². The lowest BCUT2D eigenvalue weighted by molar-refractivity contribution is 0.102. The number of nitrogens with one attached hydrogen (secondary N) is 1. The maximum Gasteiger partial charge on any atom is 0.274 e. The highest BCUT2D eigenvalue weighted by molar-refractivity contribution is 6.30. The van der Waals surface area contributed by atoms with Crippen LogP contribution in [0.5, 0.6) is 5.75 Å². The zero-order chi connectivity index (χ0) is 22.8. The van der Waals surface area contributed by atoms with Crippen molar-refractivity contribution < 1.29 is 9.53 Å². The van der Waals surface area contributed by atoms with Crippen molar-refractivity contribution in [3.8, 4) is 5.75 Å². The number of carbonyl (C=O) groups is 1. The van der Waals surface area contributed by atoms with Gasteiger partial charge in [0.15, 0.2) is 0 Å². The number of fused-ring (bicyclic) bond motifs is 1. The van der Waals surface area contributed by atoms with E-state index in [-0.39, 0.29) is 24.1 Å². The average Bonchev–Trinajstić information content (AvgIpc) is 3.18. The highest BCUT2D eigenvalue weighted by atomic mass is 35.5. The number of aromatic nitrogens is 4. The molecular formula is C23H22ClN5O3. The third-order valence-corrected chi connectivity index (χ3v) is 5.10. The van der Waals surface area contributed by atoms with Crippen LogP contribution in [0.2, 0.25) is 5.02 Å². The summed E-state index contributed by atoms with van der Waals surface area (Å²) in [5.74, 6) is 0.492. The molecule has 1 N–H and O–H groups in total. The quantitative estimate of drug-likeness (QED) is 0.473. The van der Waals surface area contributed by atoms with Gasteiger partial charge in [-0.1, -0.05) is 17.7 Å². The fourth-order valence-corrected chi connectivity index (χ4v) is 3.35. The highest BCUT2D eigenvalue weighted by Gasteiger charge is 2.13. The molecule has 1 amide bonds. The molecule has 164 valence electrons. The molecule has 9 heteroatoms. The molecule has 0 unspecified atom stereocenters. The van der Waals surface area contributed by atoms with E-state index in [1.54, 1.807) is 41.3 Å². The predicted molar refractivity (Wildman–Crippen MR) is 123 cm³/mol. The first-order valence-electron chi connectivity index (χ1n) is 10.1. The number of rotatable bonds is 6. The highest BCUT2D eigenvalue weighted by Crippen LogP contribution is 2.27. The first-order chi connectivity index (χ1) is 15.3. The first-order valence-corrected chi connectivity index (χ1v) is 10.5. The van der Waals surface area contributed by atoms with Crippen molar-refractivity contribution in [3.63, 3.8) is 0 Å². The summed E-state index contributed by atoms with van der Waals surface area (Å²) in [5, 5.41) is 3.43. The van der Waals surface area contributed by atoms with Crippen LogP contribution in [0.1, 0.15) is 41.5 Å². The lowest BCUT2D eigenvalue weighted by atomic mass is 10.1. The molecule has 8 nitrogen and oxygen atoms in total. The van der Waals surface area contributed by atoms with Gasteiger partial charge in [0.25, 0.3) is 17.2 Å². The van der Waals surface area contributed by atoms with Crippen LogP contribution in [0.15, 0.2) is 59.7 Å². The third-order valence-electron chi connectivity index (χ3n) is 4.85. The fourth-order valence-electron chi connectivity index (χ4n) is 3.23. The largest absolute Gasteiger partial charge is 0.485 e. The van der Waals surface area contributed by atoms with Crippen LogP contribution >= 0.6 is 11.6 Å². The van der Waals surface area contributed by atoms with Crippen molar-refractivity contribution in [3.05, 3.63) is 87.1 Å². The van der Waals surface area contributed by atoms with Gasteiger partial charge >= 0.3 is 0 Å². The lowest BCUT2D eigenvalue weighted by Crippen LogP contribution is -2.23. The SMILES string of the molecule is Cc1ccc(OCc2cc(=O)n3c(ncn3C(C)C)n2)c(NC(=O)c2ccc(Cl)cc2)c1. The number of amides is 1. The van der Waals surface area contributed by atoms with Crippen LogP contribution in [-0.2, 0) is 6.61 Å². The summed E-state index contributed by atoms with van der Waals surface area (Å²) in [4.78, 5) is 33.9. The number of nitrogens with zero attached hydrogens (tertiary/aromatic N) is 4. The maximum absolute atomic E-state index is 12.6. The molecule has 4 aromatic rings. The predicted octanol–water partition coefficient (Wildman–Crippen LogP) is 4.27. The summed E-state index contributed by atoms with van der Waals surface area (Å²) >= 11 is 5.90. The van der Waals surface area contributed by atoms with Crippen LogP contribution in [-0.4, -0.2) is 25.1 Å². The minimum absolute atomic E-state index is 0.0488. The summed E-state index contributed by atoms with van der Waals surface area (Å²) < 4.78 is 9.06. The zero-order valence-corrected chi connectivity index (χ0v) is 18.6. The van der Waals surface area contributed by atoms with Gasteiger partial charge in [0, 0.05) is 22.7 Å². The number of hydrogen-bond acceptors (Lipinski definition) is 5. The second-order valence-corrected chi connectivity index (χ2v) is 8.10. The van der Waals surface area contributed by atoms with Crippen molar-refractivity contribution >= 4 is 29.0 Å². The van der Waals surface area contributed by atoms with E-state index in [0.29, 0.717) is 33.5 Å². The number of aryl methyl sites for hydroxylation is 1. The minimum atomic E-state index is -0.283. The maximum atomic E-state index is 12.6. The monoisotopic (exact) mass is 451 g/mol. The van der Waals surface area contributed by atoms with Gasteiger partial charge in [0.05, 0.1) is 11.4 Å². The Morgan fingerprint density at radius 3 is 2.62 bits per heavy atom. The summed E-state index contributed by atoms with van der Waals surface area (Å²) in [5.41, 5.74) is 2.16. The molecular weight excluding hydrogens is 430 g/mol.